The summed E-state index contributed by atoms with van der Waals surface area (Å²) in [6.07, 6.45) is 7.49. The maximum absolute atomic E-state index is 14.2. The van der Waals surface area contributed by atoms with Crippen LogP contribution in [0.2, 0.25) is 0 Å². The van der Waals surface area contributed by atoms with E-state index in [1.165, 1.54) is 6.07 Å². The molecular formula is C27H33FO4. The summed E-state index contributed by atoms with van der Waals surface area (Å²) in [5.41, 5.74) is 1.82. The molecule has 5 heteroatoms. The van der Waals surface area contributed by atoms with Crippen molar-refractivity contribution in [3.8, 4) is 11.5 Å². The first-order valence-electron chi connectivity index (χ1n) is 11.8. The van der Waals surface area contributed by atoms with Gasteiger partial charge in [-0.05, 0) is 110 Å². The highest BCUT2D eigenvalue weighted by Crippen LogP contribution is 2.45. The number of benzene rings is 2. The lowest BCUT2D eigenvalue weighted by molar-refractivity contribution is -0.137. The molecule has 0 radical (unpaired) electrons. The molecule has 2 aromatic carbocycles. The van der Waals surface area contributed by atoms with Gasteiger partial charge in [-0.2, -0.15) is 0 Å². The fraction of sp³-hybridized carbons (Fsp3) is 0.519. The Labute approximate surface area is 189 Å². The molecule has 4 rings (SSSR count). The fourth-order valence-corrected chi connectivity index (χ4v) is 5.04. The standard InChI is InChI=1S/C27H33FO4/c1-31-23-11-12-26(28)22(15-23)13-18-5-7-19(8-6-18)17-32-24-4-2-3-21(14-24)25(16-27(29)30)20-9-10-20/h2-4,11-12,14-15,18-20,25H,5-10,13,16-17H2,1H3,(H,29,30). The Morgan fingerprint density at radius 2 is 1.78 bits per heavy atom. The van der Waals surface area contributed by atoms with Gasteiger partial charge in [-0.25, -0.2) is 4.39 Å². The van der Waals surface area contributed by atoms with Gasteiger partial charge in [0.1, 0.15) is 17.3 Å². The number of carbonyl (C=O) groups is 1. The molecule has 0 aromatic heterocycles. The van der Waals surface area contributed by atoms with Gasteiger partial charge in [0.2, 0.25) is 0 Å². The highest BCUT2D eigenvalue weighted by molar-refractivity contribution is 5.68. The van der Waals surface area contributed by atoms with Gasteiger partial charge in [-0.3, -0.25) is 4.79 Å². The molecule has 2 aliphatic rings. The van der Waals surface area contributed by atoms with Crippen LogP contribution in [0.3, 0.4) is 0 Å². The van der Waals surface area contributed by atoms with Crippen molar-refractivity contribution in [1.29, 1.82) is 0 Å². The zero-order chi connectivity index (χ0) is 22.5. The summed E-state index contributed by atoms with van der Waals surface area (Å²) in [6, 6.07) is 13.0. The molecule has 0 aliphatic heterocycles. The first kappa shape index (κ1) is 22.6. The molecule has 1 unspecified atom stereocenters. The molecule has 2 saturated carbocycles. The van der Waals surface area contributed by atoms with Crippen LogP contribution in [0.25, 0.3) is 0 Å². The summed E-state index contributed by atoms with van der Waals surface area (Å²) < 4.78 is 25.5. The van der Waals surface area contributed by atoms with E-state index in [1.807, 2.05) is 30.3 Å². The summed E-state index contributed by atoms with van der Waals surface area (Å²) in [5.74, 6) is 2.23. The van der Waals surface area contributed by atoms with Gasteiger partial charge in [0, 0.05) is 0 Å². The molecule has 2 fully saturated rings. The van der Waals surface area contributed by atoms with Crippen molar-refractivity contribution in [2.45, 2.75) is 57.3 Å². The Morgan fingerprint density at radius 3 is 2.47 bits per heavy atom. The Bertz CT molecular complexity index is 916. The molecule has 0 spiro atoms. The van der Waals surface area contributed by atoms with Gasteiger partial charge < -0.3 is 14.6 Å². The molecule has 32 heavy (non-hydrogen) atoms. The zero-order valence-corrected chi connectivity index (χ0v) is 18.8. The van der Waals surface area contributed by atoms with Crippen molar-refractivity contribution < 1.29 is 23.8 Å². The molecule has 1 N–H and O–H groups in total. The summed E-state index contributed by atoms with van der Waals surface area (Å²) in [6.45, 7) is 0.677. The second kappa shape index (κ2) is 10.4. The number of halogens is 1. The average Bonchev–Trinajstić information content (AvgIpc) is 3.64. The second-order valence-electron chi connectivity index (χ2n) is 9.47. The number of ether oxygens (including phenoxy) is 2. The van der Waals surface area contributed by atoms with E-state index in [-0.39, 0.29) is 18.2 Å². The first-order chi connectivity index (χ1) is 15.5. The van der Waals surface area contributed by atoms with Gasteiger partial charge in [0.05, 0.1) is 20.1 Å². The SMILES string of the molecule is COc1ccc(F)c(CC2CCC(COc3cccc(C(CC(=O)O)C4CC4)c3)CC2)c1. The number of carboxylic acid groups (broad SMARTS) is 1. The third kappa shape index (κ3) is 6.02. The Kier molecular flexibility index (Phi) is 7.33. The third-order valence-corrected chi connectivity index (χ3v) is 7.09. The summed E-state index contributed by atoms with van der Waals surface area (Å²) >= 11 is 0. The van der Waals surface area contributed by atoms with Crippen LogP contribution in [0.5, 0.6) is 11.5 Å². The predicted molar refractivity (Wildman–Crippen MR) is 122 cm³/mol. The summed E-state index contributed by atoms with van der Waals surface area (Å²) in [7, 11) is 1.61. The third-order valence-electron chi connectivity index (χ3n) is 7.09. The van der Waals surface area contributed by atoms with Crippen molar-refractivity contribution >= 4 is 5.97 Å². The van der Waals surface area contributed by atoms with E-state index in [4.69, 9.17) is 9.47 Å². The summed E-state index contributed by atoms with van der Waals surface area (Å²) in [5, 5.41) is 9.26. The van der Waals surface area contributed by atoms with Crippen molar-refractivity contribution in [2.24, 2.45) is 17.8 Å². The quantitative estimate of drug-likeness (QED) is 0.476. The number of methoxy groups -OCH3 is 1. The molecule has 2 aromatic rings. The van der Waals surface area contributed by atoms with Gasteiger partial charge in [0.25, 0.3) is 0 Å². The van der Waals surface area contributed by atoms with E-state index in [2.05, 4.69) is 0 Å². The number of aliphatic carboxylic acids is 1. The van der Waals surface area contributed by atoms with Gasteiger partial charge in [-0.1, -0.05) is 12.1 Å². The van der Waals surface area contributed by atoms with Crippen molar-refractivity contribution in [2.75, 3.05) is 13.7 Å². The van der Waals surface area contributed by atoms with Gasteiger partial charge in [-0.15, -0.1) is 0 Å². The lowest BCUT2D eigenvalue weighted by Gasteiger charge is -2.28. The molecular weight excluding hydrogens is 407 g/mol. The van der Waals surface area contributed by atoms with E-state index >= 15 is 0 Å². The Morgan fingerprint density at radius 1 is 1.03 bits per heavy atom. The van der Waals surface area contributed by atoms with Crippen LogP contribution < -0.4 is 9.47 Å². The van der Waals surface area contributed by atoms with E-state index in [9.17, 15) is 14.3 Å². The molecule has 0 saturated heterocycles. The molecule has 0 heterocycles. The molecule has 2 aliphatic carbocycles. The van der Waals surface area contributed by atoms with E-state index < -0.39 is 5.97 Å². The lowest BCUT2D eigenvalue weighted by atomic mass is 9.79. The van der Waals surface area contributed by atoms with Gasteiger partial charge >= 0.3 is 5.97 Å². The Hall–Kier alpha value is -2.56. The monoisotopic (exact) mass is 440 g/mol. The van der Waals surface area contributed by atoms with Crippen LogP contribution >= 0.6 is 0 Å². The smallest absolute Gasteiger partial charge is 0.303 e. The first-order valence-corrected chi connectivity index (χ1v) is 11.8. The second-order valence-corrected chi connectivity index (χ2v) is 9.47. The number of rotatable bonds is 10. The molecule has 1 atom stereocenters. The van der Waals surface area contributed by atoms with E-state index in [0.29, 0.717) is 30.1 Å². The number of hydrogen-bond donors (Lipinski definition) is 1. The normalized spacial score (nSPS) is 21.7. The number of carboxylic acids is 1. The maximum atomic E-state index is 14.2. The van der Waals surface area contributed by atoms with Crippen LogP contribution in [-0.2, 0) is 11.2 Å². The molecule has 4 nitrogen and oxygen atoms in total. The van der Waals surface area contributed by atoms with Crippen LogP contribution in [0.1, 0.15) is 62.0 Å². The Balaban J connectivity index is 1.27. The average molecular weight is 441 g/mol. The minimum atomic E-state index is -0.737. The minimum Gasteiger partial charge on any atom is -0.497 e. The highest BCUT2D eigenvalue weighted by atomic mass is 19.1. The topological polar surface area (TPSA) is 55.8 Å². The van der Waals surface area contributed by atoms with Crippen molar-refractivity contribution in [1.82, 2.24) is 0 Å². The maximum Gasteiger partial charge on any atom is 0.303 e. The fourth-order valence-electron chi connectivity index (χ4n) is 5.04. The van der Waals surface area contributed by atoms with Crippen LogP contribution in [0.4, 0.5) is 4.39 Å². The molecule has 0 bridgehead atoms. The predicted octanol–water partition coefficient (Wildman–Crippen LogP) is 6.23. The minimum absolute atomic E-state index is 0.0866. The zero-order valence-electron chi connectivity index (χ0n) is 18.8. The van der Waals surface area contributed by atoms with Crippen LogP contribution in [0.15, 0.2) is 42.5 Å². The van der Waals surface area contributed by atoms with Crippen molar-refractivity contribution in [3.05, 3.63) is 59.4 Å². The van der Waals surface area contributed by atoms with Gasteiger partial charge in [0.15, 0.2) is 0 Å². The van der Waals surface area contributed by atoms with Crippen LogP contribution in [0, 0.1) is 23.6 Å². The van der Waals surface area contributed by atoms with E-state index in [0.717, 1.165) is 61.8 Å². The van der Waals surface area contributed by atoms with Crippen LogP contribution in [-0.4, -0.2) is 24.8 Å². The number of hydrogen-bond acceptors (Lipinski definition) is 3. The highest BCUT2D eigenvalue weighted by Gasteiger charge is 2.34. The van der Waals surface area contributed by atoms with Crippen molar-refractivity contribution in [3.63, 3.8) is 0 Å². The van der Waals surface area contributed by atoms with E-state index in [1.54, 1.807) is 13.2 Å². The molecule has 172 valence electrons. The largest absolute Gasteiger partial charge is 0.497 e. The lowest BCUT2D eigenvalue weighted by Crippen LogP contribution is -2.21. The summed E-state index contributed by atoms with van der Waals surface area (Å²) in [4.78, 5) is 11.3. The molecule has 0 amide bonds.